The van der Waals surface area contributed by atoms with Crippen molar-refractivity contribution in [3.63, 3.8) is 0 Å². The lowest BCUT2D eigenvalue weighted by Gasteiger charge is -2.38. The molecule has 1 saturated heterocycles. The van der Waals surface area contributed by atoms with Crippen LogP contribution in [-0.2, 0) is 21.2 Å². The van der Waals surface area contributed by atoms with Crippen LogP contribution in [0.1, 0.15) is 36.8 Å². The fraction of sp³-hybridized carbons (Fsp3) is 0.409. The van der Waals surface area contributed by atoms with Crippen LogP contribution in [0.25, 0.3) is 0 Å². The van der Waals surface area contributed by atoms with Gasteiger partial charge in [-0.15, -0.1) is 0 Å². The second kappa shape index (κ2) is 8.39. The van der Waals surface area contributed by atoms with Gasteiger partial charge in [-0.2, -0.15) is 4.31 Å². The Hall–Kier alpha value is -2.78. The fourth-order valence-corrected chi connectivity index (χ4v) is 6.17. The third-order valence-electron chi connectivity index (χ3n) is 6.14. The molecule has 2 heterocycles. The molecule has 0 radical (unpaired) electrons. The van der Waals surface area contributed by atoms with Crippen molar-refractivity contribution in [1.29, 1.82) is 0 Å². The van der Waals surface area contributed by atoms with E-state index in [2.05, 4.69) is 0 Å². The average Bonchev–Trinajstić information content (AvgIpc) is 2.78. The maximum Gasteiger partial charge on any atom is 0.269 e. The standard InChI is InChI=1S/C22H25N3O5S/c1-16-6-4-9-20-19(16)7-5-14-23(20)22(26)21-8-2-3-15-24(21)31(29,30)18-12-10-17(11-13-18)25(27)28/h4,6,9-13,21H,2-3,5,7-8,14-15H2,1H3. The molecular formula is C22H25N3O5S. The molecule has 1 atom stereocenters. The summed E-state index contributed by atoms with van der Waals surface area (Å²) in [5, 5.41) is 10.9. The van der Waals surface area contributed by atoms with E-state index in [4.69, 9.17) is 0 Å². The van der Waals surface area contributed by atoms with Gasteiger partial charge in [0, 0.05) is 30.9 Å². The Kier molecular flexibility index (Phi) is 5.81. The van der Waals surface area contributed by atoms with Gasteiger partial charge in [-0.1, -0.05) is 18.6 Å². The number of carbonyl (C=O) groups excluding carboxylic acids is 1. The van der Waals surface area contributed by atoms with Crippen molar-refractivity contribution >= 4 is 27.3 Å². The largest absolute Gasteiger partial charge is 0.311 e. The van der Waals surface area contributed by atoms with Gasteiger partial charge in [0.2, 0.25) is 15.9 Å². The molecule has 1 amide bonds. The van der Waals surface area contributed by atoms with Gasteiger partial charge in [0.15, 0.2) is 0 Å². The molecule has 0 bridgehead atoms. The van der Waals surface area contributed by atoms with E-state index in [1.165, 1.54) is 28.6 Å². The number of rotatable bonds is 4. The van der Waals surface area contributed by atoms with Gasteiger partial charge in [-0.05, 0) is 61.9 Å². The fourth-order valence-electron chi connectivity index (χ4n) is 4.52. The predicted molar refractivity (Wildman–Crippen MR) is 116 cm³/mol. The van der Waals surface area contributed by atoms with E-state index < -0.39 is 21.0 Å². The molecule has 31 heavy (non-hydrogen) atoms. The maximum absolute atomic E-state index is 13.6. The summed E-state index contributed by atoms with van der Waals surface area (Å²) in [7, 11) is -3.96. The number of aryl methyl sites for hydroxylation is 1. The van der Waals surface area contributed by atoms with E-state index in [9.17, 15) is 23.3 Å². The Morgan fingerprint density at radius 1 is 1.06 bits per heavy atom. The minimum absolute atomic E-state index is 0.0345. The monoisotopic (exact) mass is 443 g/mol. The first-order valence-electron chi connectivity index (χ1n) is 10.5. The summed E-state index contributed by atoms with van der Waals surface area (Å²) in [5.41, 5.74) is 2.97. The number of amides is 1. The smallest absolute Gasteiger partial charge is 0.269 e. The number of anilines is 1. The zero-order valence-electron chi connectivity index (χ0n) is 17.4. The first-order valence-corrected chi connectivity index (χ1v) is 11.9. The normalized spacial score (nSPS) is 19.6. The minimum Gasteiger partial charge on any atom is -0.311 e. The Bertz CT molecular complexity index is 1110. The van der Waals surface area contributed by atoms with Crippen LogP contribution < -0.4 is 4.90 Å². The van der Waals surface area contributed by atoms with Gasteiger partial charge in [0.25, 0.3) is 5.69 Å². The van der Waals surface area contributed by atoms with Crippen LogP contribution in [0.15, 0.2) is 47.4 Å². The van der Waals surface area contributed by atoms with Gasteiger partial charge < -0.3 is 4.90 Å². The number of non-ortho nitro benzene ring substituents is 1. The second-order valence-corrected chi connectivity index (χ2v) is 9.93. The number of fused-ring (bicyclic) bond motifs is 1. The van der Waals surface area contributed by atoms with Crippen molar-refractivity contribution in [1.82, 2.24) is 4.31 Å². The number of sulfonamides is 1. The highest BCUT2D eigenvalue weighted by Gasteiger charge is 2.40. The second-order valence-electron chi connectivity index (χ2n) is 8.04. The zero-order valence-corrected chi connectivity index (χ0v) is 18.2. The Balaban J connectivity index is 1.66. The molecule has 1 fully saturated rings. The topological polar surface area (TPSA) is 101 Å². The van der Waals surface area contributed by atoms with E-state index in [0.717, 1.165) is 36.1 Å². The Morgan fingerprint density at radius 3 is 2.52 bits per heavy atom. The van der Waals surface area contributed by atoms with Crippen molar-refractivity contribution < 1.29 is 18.1 Å². The molecule has 0 aromatic heterocycles. The van der Waals surface area contributed by atoms with Crippen LogP contribution >= 0.6 is 0 Å². The lowest BCUT2D eigenvalue weighted by molar-refractivity contribution is -0.384. The average molecular weight is 444 g/mol. The molecule has 0 spiro atoms. The SMILES string of the molecule is Cc1cccc2c1CCCN2C(=O)C1CCCCN1S(=O)(=O)c1ccc([N+](=O)[O-])cc1. The van der Waals surface area contributed by atoms with E-state index in [1.807, 2.05) is 25.1 Å². The number of piperidine rings is 1. The highest BCUT2D eigenvalue weighted by Crippen LogP contribution is 2.33. The van der Waals surface area contributed by atoms with Gasteiger partial charge >= 0.3 is 0 Å². The van der Waals surface area contributed by atoms with Gasteiger partial charge in [-0.25, -0.2) is 8.42 Å². The van der Waals surface area contributed by atoms with Crippen molar-refractivity contribution in [3.8, 4) is 0 Å². The third-order valence-corrected chi connectivity index (χ3v) is 8.07. The number of carbonyl (C=O) groups is 1. The zero-order chi connectivity index (χ0) is 22.2. The highest BCUT2D eigenvalue weighted by atomic mass is 32.2. The summed E-state index contributed by atoms with van der Waals surface area (Å²) in [6, 6.07) is 9.93. The van der Waals surface area contributed by atoms with Gasteiger partial charge in [-0.3, -0.25) is 14.9 Å². The molecule has 0 N–H and O–H groups in total. The van der Waals surface area contributed by atoms with Gasteiger partial charge in [0.05, 0.1) is 9.82 Å². The number of hydrogen-bond donors (Lipinski definition) is 0. The number of benzene rings is 2. The van der Waals surface area contributed by atoms with E-state index in [-0.39, 0.29) is 23.0 Å². The van der Waals surface area contributed by atoms with Crippen LogP contribution in [0.2, 0.25) is 0 Å². The molecule has 8 nitrogen and oxygen atoms in total. The maximum atomic E-state index is 13.6. The first-order chi connectivity index (χ1) is 14.8. The summed E-state index contributed by atoms with van der Waals surface area (Å²) in [5.74, 6) is -0.197. The van der Waals surface area contributed by atoms with Crippen molar-refractivity contribution in [2.75, 3.05) is 18.0 Å². The lowest BCUT2D eigenvalue weighted by Crippen LogP contribution is -2.54. The summed E-state index contributed by atoms with van der Waals surface area (Å²) in [6.07, 6.45) is 3.65. The van der Waals surface area contributed by atoms with E-state index >= 15 is 0 Å². The lowest BCUT2D eigenvalue weighted by atomic mass is 9.95. The number of hydrogen-bond acceptors (Lipinski definition) is 5. The number of nitro groups is 1. The quantitative estimate of drug-likeness (QED) is 0.532. The molecule has 9 heteroatoms. The molecule has 2 aromatic rings. The summed E-state index contributed by atoms with van der Waals surface area (Å²) in [4.78, 5) is 25.6. The summed E-state index contributed by atoms with van der Waals surface area (Å²) < 4.78 is 28.0. The highest BCUT2D eigenvalue weighted by molar-refractivity contribution is 7.89. The summed E-state index contributed by atoms with van der Waals surface area (Å²) in [6.45, 7) is 2.85. The molecular weight excluding hydrogens is 418 g/mol. The summed E-state index contributed by atoms with van der Waals surface area (Å²) >= 11 is 0. The number of nitro benzene ring substituents is 1. The molecule has 1 unspecified atom stereocenters. The van der Waals surface area contributed by atoms with Crippen molar-refractivity contribution in [2.24, 2.45) is 0 Å². The van der Waals surface area contributed by atoms with Crippen LogP contribution in [0.4, 0.5) is 11.4 Å². The van der Waals surface area contributed by atoms with Crippen LogP contribution in [0.5, 0.6) is 0 Å². The Labute approximate surface area is 181 Å². The molecule has 2 aromatic carbocycles. The van der Waals surface area contributed by atoms with E-state index in [0.29, 0.717) is 19.4 Å². The van der Waals surface area contributed by atoms with Crippen molar-refractivity contribution in [2.45, 2.75) is 50.0 Å². The molecule has 4 rings (SSSR count). The van der Waals surface area contributed by atoms with Crippen LogP contribution in [0, 0.1) is 17.0 Å². The first kappa shape index (κ1) is 21.5. The van der Waals surface area contributed by atoms with E-state index in [1.54, 1.807) is 4.90 Å². The molecule has 0 aliphatic carbocycles. The Morgan fingerprint density at radius 2 is 1.81 bits per heavy atom. The van der Waals surface area contributed by atoms with Crippen LogP contribution in [-0.4, -0.2) is 42.7 Å². The number of nitrogens with zero attached hydrogens (tertiary/aromatic N) is 3. The third kappa shape index (κ3) is 3.95. The molecule has 164 valence electrons. The molecule has 2 aliphatic heterocycles. The van der Waals surface area contributed by atoms with Crippen molar-refractivity contribution in [3.05, 3.63) is 63.7 Å². The minimum atomic E-state index is -3.96. The van der Waals surface area contributed by atoms with Gasteiger partial charge in [0.1, 0.15) is 6.04 Å². The van der Waals surface area contributed by atoms with Crippen LogP contribution in [0.3, 0.4) is 0 Å². The molecule has 0 saturated carbocycles. The predicted octanol–water partition coefficient (Wildman–Crippen LogP) is 3.43. The molecule has 2 aliphatic rings.